The fourth-order valence-electron chi connectivity index (χ4n) is 2.79. The van der Waals surface area contributed by atoms with Gasteiger partial charge in [-0.3, -0.25) is 4.79 Å². The van der Waals surface area contributed by atoms with Gasteiger partial charge in [-0.1, -0.05) is 59.8 Å². The van der Waals surface area contributed by atoms with Crippen LogP contribution in [0.2, 0.25) is 0 Å². The summed E-state index contributed by atoms with van der Waals surface area (Å²) in [7, 11) is -2.48. The predicted octanol–water partition coefficient (Wildman–Crippen LogP) is 5.33. The quantitative estimate of drug-likeness (QED) is 0.452. The third-order valence-corrected chi connectivity index (χ3v) is 7.29. The van der Waals surface area contributed by atoms with Crippen molar-refractivity contribution in [1.82, 2.24) is 4.31 Å². The number of benzene rings is 3. The van der Waals surface area contributed by atoms with Crippen LogP contribution in [0.1, 0.15) is 18.1 Å². The van der Waals surface area contributed by atoms with Gasteiger partial charge in [0.2, 0.25) is 5.91 Å². The molecule has 3 rings (SSSR count). The van der Waals surface area contributed by atoms with E-state index in [1.807, 2.05) is 49.4 Å². The van der Waals surface area contributed by atoms with Crippen molar-refractivity contribution >= 4 is 32.6 Å². The zero-order chi connectivity index (χ0) is 22.4. The molecule has 0 aliphatic rings. The van der Waals surface area contributed by atoms with Gasteiger partial charge in [-0.25, -0.2) is 12.7 Å². The van der Waals surface area contributed by atoms with Crippen molar-refractivity contribution < 1.29 is 17.9 Å². The molecule has 0 aliphatic heterocycles. The van der Waals surface area contributed by atoms with Crippen LogP contribution in [0.5, 0.6) is 5.75 Å². The van der Waals surface area contributed by atoms with Crippen molar-refractivity contribution in [3.63, 3.8) is 0 Å². The molecule has 31 heavy (non-hydrogen) atoms. The normalized spacial score (nSPS) is 11.8. The molecule has 0 atom stereocenters. The number of rotatable bonds is 7. The molecule has 0 saturated carbocycles. The molecule has 0 N–H and O–H groups in total. The van der Waals surface area contributed by atoms with E-state index >= 15 is 0 Å². The molecular formula is C24H23NO4S2. The molecule has 0 spiro atoms. The molecule has 5 nitrogen and oxygen atoms in total. The topological polar surface area (TPSA) is 63.7 Å². The molecule has 0 aliphatic carbocycles. The number of carbonyl (C=O) groups is 1. The van der Waals surface area contributed by atoms with Gasteiger partial charge in [0.25, 0.3) is 10.0 Å². The van der Waals surface area contributed by atoms with Crippen LogP contribution in [0.3, 0.4) is 0 Å². The van der Waals surface area contributed by atoms with Crippen LogP contribution in [0.15, 0.2) is 94.9 Å². The number of amides is 1. The van der Waals surface area contributed by atoms with Crippen molar-refractivity contribution in [2.24, 2.45) is 0 Å². The van der Waals surface area contributed by atoms with E-state index in [0.717, 1.165) is 20.3 Å². The first-order valence-corrected chi connectivity index (χ1v) is 11.8. The molecule has 0 fully saturated rings. The third kappa shape index (κ3) is 5.57. The summed E-state index contributed by atoms with van der Waals surface area (Å²) in [6, 6.07) is 23.2. The Kier molecular flexibility index (Phi) is 7.20. The van der Waals surface area contributed by atoms with Crippen LogP contribution >= 0.6 is 11.8 Å². The average Bonchev–Trinajstić information content (AvgIpc) is 2.77. The highest BCUT2D eigenvalue weighted by atomic mass is 32.2. The molecule has 160 valence electrons. The van der Waals surface area contributed by atoms with Crippen molar-refractivity contribution in [2.45, 2.75) is 23.6 Å². The number of methoxy groups -OCH3 is 1. The lowest BCUT2D eigenvalue weighted by molar-refractivity contribution is -0.122. The van der Waals surface area contributed by atoms with E-state index in [1.54, 1.807) is 31.4 Å². The molecule has 0 radical (unpaired) electrons. The lowest BCUT2D eigenvalue weighted by Gasteiger charge is -2.19. The summed E-state index contributed by atoms with van der Waals surface area (Å²) in [4.78, 5) is 14.0. The molecule has 7 heteroatoms. The van der Waals surface area contributed by atoms with Gasteiger partial charge in [-0.2, -0.15) is 0 Å². The summed E-state index contributed by atoms with van der Waals surface area (Å²) in [6.07, 6.45) is 1.39. The third-order valence-electron chi connectivity index (χ3n) is 4.47. The van der Waals surface area contributed by atoms with E-state index in [9.17, 15) is 13.2 Å². The Morgan fingerprint density at radius 3 is 2.10 bits per heavy atom. The van der Waals surface area contributed by atoms with Crippen molar-refractivity contribution in [1.29, 1.82) is 0 Å². The summed E-state index contributed by atoms with van der Waals surface area (Å²) in [5, 5.41) is 0. The zero-order valence-electron chi connectivity index (χ0n) is 17.5. The highest BCUT2D eigenvalue weighted by Crippen LogP contribution is 2.36. The second kappa shape index (κ2) is 9.85. The van der Waals surface area contributed by atoms with Crippen LogP contribution in [0, 0.1) is 6.92 Å². The van der Waals surface area contributed by atoms with Gasteiger partial charge in [0.15, 0.2) is 0 Å². The Labute approximate surface area is 187 Å². The predicted molar refractivity (Wildman–Crippen MR) is 124 cm³/mol. The van der Waals surface area contributed by atoms with E-state index in [4.69, 9.17) is 4.74 Å². The van der Waals surface area contributed by atoms with Crippen LogP contribution in [-0.4, -0.2) is 25.7 Å². The van der Waals surface area contributed by atoms with Crippen LogP contribution < -0.4 is 4.74 Å². The first-order valence-electron chi connectivity index (χ1n) is 9.52. The maximum absolute atomic E-state index is 13.2. The van der Waals surface area contributed by atoms with E-state index in [0.29, 0.717) is 10.7 Å². The summed E-state index contributed by atoms with van der Waals surface area (Å²) in [5.41, 5.74) is 1.70. The molecular weight excluding hydrogens is 430 g/mol. The number of nitrogens with zero attached hydrogens (tertiary/aromatic N) is 1. The first-order chi connectivity index (χ1) is 14.8. The Morgan fingerprint density at radius 1 is 0.935 bits per heavy atom. The smallest absolute Gasteiger partial charge is 0.270 e. The monoisotopic (exact) mass is 453 g/mol. The minimum Gasteiger partial charge on any atom is -0.497 e. The van der Waals surface area contributed by atoms with E-state index < -0.39 is 15.9 Å². The van der Waals surface area contributed by atoms with Crippen LogP contribution in [-0.2, 0) is 14.8 Å². The van der Waals surface area contributed by atoms with E-state index in [-0.39, 0.29) is 4.90 Å². The van der Waals surface area contributed by atoms with Crippen molar-refractivity contribution in [3.8, 4) is 5.75 Å². The fourth-order valence-corrected chi connectivity index (χ4v) is 5.11. The van der Waals surface area contributed by atoms with Gasteiger partial charge >= 0.3 is 0 Å². The van der Waals surface area contributed by atoms with Gasteiger partial charge in [-0.15, -0.1) is 0 Å². The molecule has 0 aromatic heterocycles. The first kappa shape index (κ1) is 22.7. The summed E-state index contributed by atoms with van der Waals surface area (Å²) >= 11 is 1.38. The van der Waals surface area contributed by atoms with Gasteiger partial charge in [0, 0.05) is 22.9 Å². The Morgan fingerprint density at radius 2 is 1.55 bits per heavy atom. The maximum Gasteiger partial charge on any atom is 0.270 e. The van der Waals surface area contributed by atoms with Gasteiger partial charge in [0.05, 0.1) is 12.0 Å². The highest BCUT2D eigenvalue weighted by Gasteiger charge is 2.26. The fraction of sp³-hybridized carbons (Fsp3) is 0.125. The second-order valence-electron chi connectivity index (χ2n) is 6.77. The number of hydrogen-bond acceptors (Lipinski definition) is 5. The molecule has 0 bridgehead atoms. The summed E-state index contributed by atoms with van der Waals surface area (Å²) in [5.74, 6) is 0.0868. The number of aryl methyl sites for hydroxylation is 1. The maximum atomic E-state index is 13.2. The Balaban J connectivity index is 2.10. The largest absolute Gasteiger partial charge is 0.497 e. The number of carbonyl (C=O) groups excluding carboxylic acids is 1. The van der Waals surface area contributed by atoms with E-state index in [2.05, 4.69) is 0 Å². The van der Waals surface area contributed by atoms with Crippen LogP contribution in [0.4, 0.5) is 0 Å². The van der Waals surface area contributed by atoms with Crippen LogP contribution in [0.25, 0.3) is 4.91 Å². The average molecular weight is 454 g/mol. The number of thioether (sulfide) groups is 1. The zero-order valence-corrected chi connectivity index (χ0v) is 19.1. The molecule has 0 unspecified atom stereocenters. The second-order valence-corrected chi connectivity index (χ2v) is 9.70. The Hall–Kier alpha value is -3.03. The molecule has 1 amide bonds. The molecule has 3 aromatic rings. The molecule has 0 saturated heterocycles. The number of sulfonamides is 1. The SMILES string of the molecule is COc1ccc(/C(=C/N(C(C)=O)S(=O)(=O)c2ccc(C)cc2)Sc2ccccc2)cc1. The number of hydrogen-bond donors (Lipinski definition) is 0. The van der Waals surface area contributed by atoms with E-state index in [1.165, 1.54) is 37.0 Å². The van der Waals surface area contributed by atoms with Crippen molar-refractivity contribution in [3.05, 3.63) is 96.2 Å². The van der Waals surface area contributed by atoms with Gasteiger partial charge in [-0.05, 0) is 48.9 Å². The minimum absolute atomic E-state index is 0.0587. The lowest BCUT2D eigenvalue weighted by Crippen LogP contribution is -2.30. The van der Waals surface area contributed by atoms with Gasteiger partial charge < -0.3 is 4.74 Å². The molecule has 3 aromatic carbocycles. The minimum atomic E-state index is -4.06. The van der Waals surface area contributed by atoms with Crippen molar-refractivity contribution in [2.75, 3.05) is 7.11 Å². The lowest BCUT2D eigenvalue weighted by atomic mass is 10.2. The molecule has 0 heterocycles. The summed E-state index contributed by atoms with van der Waals surface area (Å²) < 4.78 is 32.5. The Bertz CT molecular complexity index is 1170. The summed E-state index contributed by atoms with van der Waals surface area (Å²) in [6.45, 7) is 3.11. The highest BCUT2D eigenvalue weighted by molar-refractivity contribution is 8.08. The standard InChI is InChI=1S/C24H23NO4S2/c1-18-9-15-23(16-10-18)31(27,28)25(19(2)26)17-24(30-22-7-5-4-6-8-22)20-11-13-21(29-3)14-12-20/h4-17H,1-3H3/b24-17-. The van der Waals surface area contributed by atoms with Gasteiger partial charge in [0.1, 0.15) is 5.75 Å². The number of ether oxygens (including phenoxy) is 1.